The van der Waals surface area contributed by atoms with Gasteiger partial charge < -0.3 is 4.98 Å². The van der Waals surface area contributed by atoms with Crippen molar-refractivity contribution in [3.63, 3.8) is 0 Å². The Balaban J connectivity index is 1.81. The van der Waals surface area contributed by atoms with Crippen LogP contribution in [0.2, 0.25) is 0 Å². The van der Waals surface area contributed by atoms with Gasteiger partial charge in [0, 0.05) is 11.1 Å². The largest absolute Gasteiger partial charge is 0.337 e. The summed E-state index contributed by atoms with van der Waals surface area (Å²) in [5.74, 6) is 0.896. The summed E-state index contributed by atoms with van der Waals surface area (Å²) in [7, 11) is 0. The molecule has 27 heavy (non-hydrogen) atoms. The molecule has 0 spiro atoms. The van der Waals surface area contributed by atoms with E-state index >= 15 is 0 Å². The molecule has 128 valence electrons. The number of aromatic amines is 1. The summed E-state index contributed by atoms with van der Waals surface area (Å²) in [6.07, 6.45) is 0. The minimum atomic E-state index is 0.896. The van der Waals surface area contributed by atoms with Crippen molar-refractivity contribution in [1.29, 1.82) is 0 Å². The lowest BCUT2D eigenvalue weighted by atomic mass is 9.93. The van der Waals surface area contributed by atoms with Gasteiger partial charge >= 0.3 is 0 Å². The van der Waals surface area contributed by atoms with Crippen LogP contribution in [0.4, 0.5) is 0 Å². The average molecular weight is 346 g/mol. The second-order valence-electron chi connectivity index (χ2n) is 6.57. The summed E-state index contributed by atoms with van der Waals surface area (Å²) in [6.45, 7) is 0. The first-order chi connectivity index (χ1) is 13.4. The summed E-state index contributed by atoms with van der Waals surface area (Å²) in [5.41, 5.74) is 7.92. The molecule has 0 radical (unpaired) electrons. The molecule has 1 aromatic heterocycles. The Labute approximate surface area is 158 Å². The molecule has 1 N–H and O–H groups in total. The van der Waals surface area contributed by atoms with E-state index in [4.69, 9.17) is 4.98 Å². The zero-order chi connectivity index (χ0) is 18.1. The predicted molar refractivity (Wildman–Crippen MR) is 112 cm³/mol. The molecule has 2 heteroatoms. The SMILES string of the molecule is c1ccc(-c2nc3ccc(-c4ccccc4)c(-c4ccccc4)c3[nH]2)cc1. The smallest absolute Gasteiger partial charge is 0.138 e. The second-order valence-corrected chi connectivity index (χ2v) is 6.57. The summed E-state index contributed by atoms with van der Waals surface area (Å²) in [5, 5.41) is 0. The molecular formula is C25H18N2. The maximum Gasteiger partial charge on any atom is 0.138 e. The van der Waals surface area contributed by atoms with E-state index in [2.05, 4.69) is 77.8 Å². The van der Waals surface area contributed by atoms with Crippen LogP contribution in [0.5, 0.6) is 0 Å². The molecule has 0 aliphatic carbocycles. The van der Waals surface area contributed by atoms with Crippen LogP contribution in [0, 0.1) is 0 Å². The van der Waals surface area contributed by atoms with Crippen LogP contribution >= 0.6 is 0 Å². The number of nitrogens with zero attached hydrogens (tertiary/aromatic N) is 1. The number of hydrogen-bond donors (Lipinski definition) is 1. The summed E-state index contributed by atoms with van der Waals surface area (Å²) < 4.78 is 0. The highest BCUT2D eigenvalue weighted by molar-refractivity contribution is 6.01. The Morgan fingerprint density at radius 1 is 0.519 bits per heavy atom. The van der Waals surface area contributed by atoms with Gasteiger partial charge in [0.05, 0.1) is 11.0 Å². The van der Waals surface area contributed by atoms with E-state index in [1.807, 2.05) is 30.3 Å². The monoisotopic (exact) mass is 346 g/mol. The lowest BCUT2D eigenvalue weighted by molar-refractivity contribution is 1.34. The average Bonchev–Trinajstić information content (AvgIpc) is 3.19. The Kier molecular flexibility index (Phi) is 3.80. The summed E-state index contributed by atoms with van der Waals surface area (Å²) >= 11 is 0. The van der Waals surface area contributed by atoms with Crippen LogP contribution in [0.15, 0.2) is 103 Å². The first-order valence-corrected chi connectivity index (χ1v) is 9.09. The van der Waals surface area contributed by atoms with Crippen molar-refractivity contribution in [3.05, 3.63) is 103 Å². The number of imidazole rings is 1. The topological polar surface area (TPSA) is 28.7 Å². The molecule has 0 aliphatic rings. The van der Waals surface area contributed by atoms with Crippen molar-refractivity contribution in [2.24, 2.45) is 0 Å². The Morgan fingerprint density at radius 2 is 1.07 bits per heavy atom. The summed E-state index contributed by atoms with van der Waals surface area (Å²) in [4.78, 5) is 8.43. The highest BCUT2D eigenvalue weighted by Gasteiger charge is 2.15. The fourth-order valence-corrected chi connectivity index (χ4v) is 3.57. The lowest BCUT2D eigenvalue weighted by Gasteiger charge is -2.11. The van der Waals surface area contributed by atoms with Crippen LogP contribution < -0.4 is 0 Å². The molecule has 0 atom stereocenters. The molecule has 5 aromatic rings. The first-order valence-electron chi connectivity index (χ1n) is 9.09. The zero-order valence-corrected chi connectivity index (χ0v) is 14.8. The molecule has 0 aliphatic heterocycles. The minimum Gasteiger partial charge on any atom is -0.337 e. The van der Waals surface area contributed by atoms with Crippen molar-refractivity contribution < 1.29 is 0 Å². The van der Waals surface area contributed by atoms with Crippen LogP contribution in [-0.4, -0.2) is 9.97 Å². The van der Waals surface area contributed by atoms with E-state index in [-0.39, 0.29) is 0 Å². The van der Waals surface area contributed by atoms with E-state index in [0.717, 1.165) is 22.4 Å². The van der Waals surface area contributed by atoms with Gasteiger partial charge in [0.15, 0.2) is 0 Å². The van der Waals surface area contributed by atoms with Gasteiger partial charge in [-0.1, -0.05) is 97.1 Å². The third kappa shape index (κ3) is 2.81. The van der Waals surface area contributed by atoms with Crippen LogP contribution in [0.1, 0.15) is 0 Å². The van der Waals surface area contributed by atoms with E-state index in [1.54, 1.807) is 0 Å². The standard InChI is InChI=1S/C25H18N2/c1-4-10-18(11-5-1)21-16-17-22-24(23(21)19-12-6-2-7-13-19)27-25(26-22)20-14-8-3-9-15-20/h1-17H,(H,26,27). The molecule has 0 amide bonds. The van der Waals surface area contributed by atoms with E-state index in [1.165, 1.54) is 22.3 Å². The highest BCUT2D eigenvalue weighted by Crippen LogP contribution is 2.38. The second kappa shape index (κ2) is 6.58. The van der Waals surface area contributed by atoms with E-state index in [0.29, 0.717) is 0 Å². The molecule has 4 aromatic carbocycles. The third-order valence-electron chi connectivity index (χ3n) is 4.85. The van der Waals surface area contributed by atoms with Crippen molar-refractivity contribution >= 4 is 11.0 Å². The van der Waals surface area contributed by atoms with E-state index in [9.17, 15) is 0 Å². The predicted octanol–water partition coefficient (Wildman–Crippen LogP) is 6.56. The fraction of sp³-hybridized carbons (Fsp3) is 0. The quantitative estimate of drug-likeness (QED) is 0.393. The van der Waals surface area contributed by atoms with Gasteiger partial charge in [0.2, 0.25) is 0 Å². The molecule has 0 fully saturated rings. The van der Waals surface area contributed by atoms with Gasteiger partial charge in [0.1, 0.15) is 5.82 Å². The van der Waals surface area contributed by atoms with Crippen molar-refractivity contribution in [2.45, 2.75) is 0 Å². The number of hydrogen-bond acceptors (Lipinski definition) is 1. The number of aromatic nitrogens is 2. The molecular weight excluding hydrogens is 328 g/mol. The first kappa shape index (κ1) is 15.6. The van der Waals surface area contributed by atoms with Crippen molar-refractivity contribution in [2.75, 3.05) is 0 Å². The number of rotatable bonds is 3. The zero-order valence-electron chi connectivity index (χ0n) is 14.8. The number of fused-ring (bicyclic) bond motifs is 1. The normalized spacial score (nSPS) is 11.0. The number of H-pyrrole nitrogens is 1. The van der Waals surface area contributed by atoms with Crippen LogP contribution in [0.25, 0.3) is 44.7 Å². The number of nitrogens with one attached hydrogen (secondary N) is 1. The molecule has 2 nitrogen and oxygen atoms in total. The highest BCUT2D eigenvalue weighted by atomic mass is 14.9. The molecule has 0 bridgehead atoms. The molecule has 0 saturated heterocycles. The van der Waals surface area contributed by atoms with E-state index < -0.39 is 0 Å². The molecule has 0 unspecified atom stereocenters. The fourth-order valence-electron chi connectivity index (χ4n) is 3.57. The molecule has 0 saturated carbocycles. The van der Waals surface area contributed by atoms with Gasteiger partial charge in [-0.3, -0.25) is 0 Å². The van der Waals surface area contributed by atoms with Gasteiger partial charge in [-0.2, -0.15) is 0 Å². The lowest BCUT2D eigenvalue weighted by Crippen LogP contribution is -1.87. The molecule has 5 rings (SSSR count). The Morgan fingerprint density at radius 3 is 1.70 bits per heavy atom. The van der Waals surface area contributed by atoms with Gasteiger partial charge in [0.25, 0.3) is 0 Å². The van der Waals surface area contributed by atoms with Gasteiger partial charge in [-0.05, 0) is 22.8 Å². The maximum absolute atomic E-state index is 4.85. The van der Waals surface area contributed by atoms with Gasteiger partial charge in [-0.15, -0.1) is 0 Å². The third-order valence-corrected chi connectivity index (χ3v) is 4.85. The van der Waals surface area contributed by atoms with Crippen LogP contribution in [-0.2, 0) is 0 Å². The Hall–Kier alpha value is -3.65. The number of benzene rings is 4. The Bertz CT molecular complexity index is 1190. The van der Waals surface area contributed by atoms with Crippen LogP contribution in [0.3, 0.4) is 0 Å². The van der Waals surface area contributed by atoms with Crippen molar-refractivity contribution in [3.8, 4) is 33.6 Å². The van der Waals surface area contributed by atoms with Crippen molar-refractivity contribution in [1.82, 2.24) is 9.97 Å². The maximum atomic E-state index is 4.85. The minimum absolute atomic E-state index is 0.896. The summed E-state index contributed by atoms with van der Waals surface area (Å²) in [6, 6.07) is 35.6. The molecule has 1 heterocycles. The van der Waals surface area contributed by atoms with Gasteiger partial charge in [-0.25, -0.2) is 4.98 Å².